The molecule has 2 heteroatoms. The van der Waals surface area contributed by atoms with E-state index in [9.17, 15) is 0 Å². The number of hydrogen-bond acceptors (Lipinski definition) is 2. The second-order valence-corrected chi connectivity index (χ2v) is 3.56. The molecule has 0 spiro atoms. The van der Waals surface area contributed by atoms with Gasteiger partial charge in [-0.05, 0) is 25.5 Å². The molecule has 0 saturated carbocycles. The Labute approximate surface area is 83.6 Å². The molecule has 2 nitrogen and oxygen atoms in total. The van der Waals surface area contributed by atoms with Gasteiger partial charge in [-0.3, -0.25) is 0 Å². The maximum atomic E-state index is 5.49. The van der Waals surface area contributed by atoms with Crippen LogP contribution in [0.5, 0.6) is 0 Å². The Kier molecular flexibility index (Phi) is 2.12. The van der Waals surface area contributed by atoms with E-state index in [0.29, 0.717) is 5.89 Å². The first-order valence-electron chi connectivity index (χ1n) is 4.67. The van der Waals surface area contributed by atoms with Crippen molar-refractivity contribution < 1.29 is 4.42 Å². The van der Waals surface area contributed by atoms with Crippen LogP contribution in [0.15, 0.2) is 28.8 Å². The van der Waals surface area contributed by atoms with Crippen molar-refractivity contribution in [3.8, 4) is 11.3 Å². The summed E-state index contributed by atoms with van der Waals surface area (Å²) in [6.07, 6.45) is 1.77. The van der Waals surface area contributed by atoms with Gasteiger partial charge < -0.3 is 4.42 Å². The summed E-state index contributed by atoms with van der Waals surface area (Å²) in [5, 5.41) is 0. The molecule has 0 amide bonds. The van der Waals surface area contributed by atoms with E-state index < -0.39 is 0 Å². The van der Waals surface area contributed by atoms with Crippen LogP contribution < -0.4 is 0 Å². The Morgan fingerprint density at radius 2 is 1.93 bits per heavy atom. The highest BCUT2D eigenvalue weighted by Crippen LogP contribution is 2.24. The topological polar surface area (TPSA) is 26.0 Å². The molecule has 1 aromatic heterocycles. The van der Waals surface area contributed by atoms with Crippen LogP contribution >= 0.6 is 0 Å². The molecule has 2 rings (SSSR count). The van der Waals surface area contributed by atoms with Gasteiger partial charge >= 0.3 is 0 Å². The minimum Gasteiger partial charge on any atom is -0.441 e. The third kappa shape index (κ3) is 1.55. The average molecular weight is 187 g/mol. The first kappa shape index (κ1) is 9.00. The summed E-state index contributed by atoms with van der Waals surface area (Å²) >= 11 is 0. The van der Waals surface area contributed by atoms with Gasteiger partial charge in [-0.15, -0.1) is 0 Å². The molecular formula is C12H13NO. The van der Waals surface area contributed by atoms with Gasteiger partial charge in [-0.25, -0.2) is 4.98 Å². The van der Waals surface area contributed by atoms with Crippen molar-refractivity contribution in [1.29, 1.82) is 0 Å². The van der Waals surface area contributed by atoms with Crippen LogP contribution in [0.3, 0.4) is 0 Å². The molecule has 0 radical (unpaired) electrons. The van der Waals surface area contributed by atoms with Crippen molar-refractivity contribution in [2.45, 2.75) is 20.8 Å². The molecule has 14 heavy (non-hydrogen) atoms. The monoisotopic (exact) mass is 187 g/mol. The molecule has 0 fully saturated rings. The molecule has 0 atom stereocenters. The lowest BCUT2D eigenvalue weighted by Crippen LogP contribution is -1.82. The van der Waals surface area contributed by atoms with Crippen LogP contribution in [0, 0.1) is 20.8 Å². The summed E-state index contributed by atoms with van der Waals surface area (Å²) in [5.41, 5.74) is 3.58. The van der Waals surface area contributed by atoms with Crippen molar-refractivity contribution in [2.24, 2.45) is 0 Å². The fourth-order valence-corrected chi connectivity index (χ4v) is 1.49. The Hall–Kier alpha value is -1.57. The van der Waals surface area contributed by atoms with E-state index in [0.717, 1.165) is 11.3 Å². The zero-order chi connectivity index (χ0) is 10.1. The fraction of sp³-hybridized carbons (Fsp3) is 0.250. The van der Waals surface area contributed by atoms with E-state index >= 15 is 0 Å². The van der Waals surface area contributed by atoms with Crippen molar-refractivity contribution >= 4 is 0 Å². The minimum absolute atomic E-state index is 0.709. The summed E-state index contributed by atoms with van der Waals surface area (Å²) in [5.74, 6) is 1.56. The minimum atomic E-state index is 0.709. The molecule has 72 valence electrons. The van der Waals surface area contributed by atoms with Gasteiger partial charge in [0, 0.05) is 12.5 Å². The third-order valence-corrected chi connectivity index (χ3v) is 2.28. The lowest BCUT2D eigenvalue weighted by molar-refractivity contribution is 0.534. The number of aromatic nitrogens is 1. The molecule has 0 aliphatic carbocycles. The van der Waals surface area contributed by atoms with E-state index in [4.69, 9.17) is 4.42 Å². The predicted molar refractivity (Wildman–Crippen MR) is 56.2 cm³/mol. The van der Waals surface area contributed by atoms with Gasteiger partial charge in [0.25, 0.3) is 0 Å². The van der Waals surface area contributed by atoms with Crippen LogP contribution in [0.25, 0.3) is 11.3 Å². The van der Waals surface area contributed by atoms with Crippen molar-refractivity contribution in [1.82, 2.24) is 4.98 Å². The number of benzene rings is 1. The lowest BCUT2D eigenvalue weighted by atomic mass is 10.0. The zero-order valence-electron chi connectivity index (χ0n) is 8.66. The molecule has 0 N–H and O–H groups in total. The number of hydrogen-bond donors (Lipinski definition) is 0. The first-order chi connectivity index (χ1) is 6.66. The summed E-state index contributed by atoms with van der Waals surface area (Å²) in [4.78, 5) is 4.10. The average Bonchev–Trinajstić information content (AvgIpc) is 2.56. The Morgan fingerprint density at radius 1 is 1.14 bits per heavy atom. The molecule has 0 unspecified atom stereocenters. The summed E-state index contributed by atoms with van der Waals surface area (Å²) in [7, 11) is 0. The van der Waals surface area contributed by atoms with Gasteiger partial charge in [0.15, 0.2) is 11.7 Å². The van der Waals surface area contributed by atoms with Gasteiger partial charge in [-0.2, -0.15) is 0 Å². The molecule has 2 aromatic rings. The lowest BCUT2D eigenvalue weighted by Gasteiger charge is -2.02. The van der Waals surface area contributed by atoms with Crippen LogP contribution in [0.2, 0.25) is 0 Å². The summed E-state index contributed by atoms with van der Waals surface area (Å²) < 4.78 is 5.49. The van der Waals surface area contributed by atoms with Crippen molar-refractivity contribution in [2.75, 3.05) is 0 Å². The smallest absolute Gasteiger partial charge is 0.191 e. The molecule has 0 bridgehead atoms. The van der Waals surface area contributed by atoms with Crippen molar-refractivity contribution in [3.05, 3.63) is 41.4 Å². The largest absolute Gasteiger partial charge is 0.441 e. The first-order valence-corrected chi connectivity index (χ1v) is 4.67. The quantitative estimate of drug-likeness (QED) is 0.684. The van der Waals surface area contributed by atoms with Gasteiger partial charge in [0.2, 0.25) is 0 Å². The fourth-order valence-electron chi connectivity index (χ4n) is 1.49. The van der Waals surface area contributed by atoms with Gasteiger partial charge in [0.1, 0.15) is 0 Å². The Bertz CT molecular complexity index is 457. The van der Waals surface area contributed by atoms with Gasteiger partial charge in [-0.1, -0.05) is 17.7 Å². The van der Waals surface area contributed by atoms with E-state index in [1.165, 1.54) is 11.1 Å². The molecule has 0 aliphatic heterocycles. The number of rotatable bonds is 1. The third-order valence-electron chi connectivity index (χ3n) is 2.28. The second kappa shape index (κ2) is 3.29. The number of nitrogens with zero attached hydrogens (tertiary/aromatic N) is 1. The second-order valence-electron chi connectivity index (χ2n) is 3.56. The summed E-state index contributed by atoms with van der Waals surface area (Å²) in [6, 6.07) is 6.32. The Balaban J connectivity index is 2.55. The maximum Gasteiger partial charge on any atom is 0.191 e. The van der Waals surface area contributed by atoms with E-state index in [1.54, 1.807) is 6.20 Å². The highest BCUT2D eigenvalue weighted by atomic mass is 16.4. The molecule has 0 saturated heterocycles. The maximum absolute atomic E-state index is 5.49. The van der Waals surface area contributed by atoms with Crippen LogP contribution in [0.1, 0.15) is 17.0 Å². The van der Waals surface area contributed by atoms with Gasteiger partial charge in [0.05, 0.1) is 6.20 Å². The highest BCUT2D eigenvalue weighted by molar-refractivity contribution is 5.62. The zero-order valence-corrected chi connectivity index (χ0v) is 8.66. The summed E-state index contributed by atoms with van der Waals surface area (Å²) in [6.45, 7) is 6.01. The van der Waals surface area contributed by atoms with Crippen LogP contribution in [0.4, 0.5) is 0 Å². The number of aryl methyl sites for hydroxylation is 3. The molecule has 0 aliphatic rings. The Morgan fingerprint density at radius 3 is 2.57 bits per heavy atom. The molecular weight excluding hydrogens is 174 g/mol. The predicted octanol–water partition coefficient (Wildman–Crippen LogP) is 3.27. The van der Waals surface area contributed by atoms with Crippen LogP contribution in [-0.4, -0.2) is 4.98 Å². The van der Waals surface area contributed by atoms with Crippen LogP contribution in [-0.2, 0) is 0 Å². The normalized spacial score (nSPS) is 10.5. The van der Waals surface area contributed by atoms with E-state index in [2.05, 4.69) is 37.0 Å². The van der Waals surface area contributed by atoms with Crippen molar-refractivity contribution in [3.63, 3.8) is 0 Å². The standard InChI is InChI=1S/C12H13NO/c1-8-4-5-9(2)11(6-8)12-7-13-10(3)14-12/h4-7H,1-3H3. The van der Waals surface area contributed by atoms with E-state index in [-0.39, 0.29) is 0 Å². The highest BCUT2D eigenvalue weighted by Gasteiger charge is 2.06. The number of oxazole rings is 1. The molecule has 1 aromatic carbocycles. The molecule has 1 heterocycles. The van der Waals surface area contributed by atoms with E-state index in [1.807, 2.05) is 6.92 Å². The SMILES string of the molecule is Cc1ccc(C)c(-c2cnc(C)o2)c1.